The number of nitriles is 2. The first-order chi connectivity index (χ1) is 15.5. The number of nitrogens with zero attached hydrogens (tertiary/aromatic N) is 7. The quantitative estimate of drug-likeness (QED) is 0.250. The summed E-state index contributed by atoms with van der Waals surface area (Å²) in [6.07, 6.45) is 2.55. The second-order valence-corrected chi connectivity index (χ2v) is 7.38. The standard InChI is InChI=1S/C21H11N7O3S/c22-8-13-1-3-14(4-2-13)17-10-32-21(26-17)16(9-23)20(29)15-5-6-18(19(7-15)28(30)31)27-12-24-11-25-27/h1-7,10-12,16H. The first-order valence-electron chi connectivity index (χ1n) is 9.05. The minimum absolute atomic E-state index is 0.0160. The van der Waals surface area contributed by atoms with E-state index in [1.165, 1.54) is 29.5 Å². The van der Waals surface area contributed by atoms with Crippen molar-refractivity contribution in [3.05, 3.63) is 86.7 Å². The summed E-state index contributed by atoms with van der Waals surface area (Å²) in [5.74, 6) is -1.81. The van der Waals surface area contributed by atoms with Gasteiger partial charge in [0.2, 0.25) is 0 Å². The lowest BCUT2D eigenvalue weighted by atomic mass is 9.98. The fourth-order valence-corrected chi connectivity index (χ4v) is 3.88. The van der Waals surface area contributed by atoms with Crippen molar-refractivity contribution in [2.24, 2.45) is 0 Å². The van der Waals surface area contributed by atoms with E-state index < -0.39 is 16.6 Å². The zero-order chi connectivity index (χ0) is 22.7. The molecule has 4 rings (SSSR count). The van der Waals surface area contributed by atoms with Crippen LogP contribution in [0.1, 0.15) is 26.8 Å². The van der Waals surface area contributed by atoms with Crippen LogP contribution < -0.4 is 0 Å². The Morgan fingerprint density at radius 1 is 1.19 bits per heavy atom. The minimum Gasteiger partial charge on any atom is -0.292 e. The van der Waals surface area contributed by atoms with E-state index in [1.54, 1.807) is 29.6 Å². The van der Waals surface area contributed by atoms with Gasteiger partial charge in [0, 0.05) is 22.6 Å². The molecule has 154 valence electrons. The molecule has 0 N–H and O–H groups in total. The number of ketones is 1. The molecule has 2 aromatic carbocycles. The normalized spacial score (nSPS) is 11.3. The molecule has 0 aliphatic carbocycles. The summed E-state index contributed by atoms with van der Waals surface area (Å²) < 4.78 is 1.22. The number of thiazole rings is 1. The zero-order valence-electron chi connectivity index (χ0n) is 16.1. The Morgan fingerprint density at radius 2 is 1.97 bits per heavy atom. The lowest BCUT2D eigenvalue weighted by molar-refractivity contribution is -0.384. The maximum Gasteiger partial charge on any atom is 0.295 e. The number of aromatic nitrogens is 4. The van der Waals surface area contributed by atoms with Crippen LogP contribution in [0.5, 0.6) is 0 Å². The Balaban J connectivity index is 1.66. The zero-order valence-corrected chi connectivity index (χ0v) is 16.9. The molecule has 0 radical (unpaired) electrons. The first kappa shape index (κ1) is 20.5. The molecule has 11 heteroatoms. The van der Waals surface area contributed by atoms with E-state index in [-0.39, 0.29) is 21.9 Å². The summed E-state index contributed by atoms with van der Waals surface area (Å²) in [5, 5.41) is 36.0. The summed E-state index contributed by atoms with van der Waals surface area (Å²) in [4.78, 5) is 32.1. The van der Waals surface area contributed by atoms with E-state index in [4.69, 9.17) is 5.26 Å². The Labute approximate surface area is 184 Å². The van der Waals surface area contributed by atoms with Gasteiger partial charge in [0.1, 0.15) is 23.3 Å². The summed E-state index contributed by atoms with van der Waals surface area (Å²) in [7, 11) is 0. The second-order valence-electron chi connectivity index (χ2n) is 6.49. The van der Waals surface area contributed by atoms with Gasteiger partial charge >= 0.3 is 0 Å². The van der Waals surface area contributed by atoms with E-state index in [2.05, 4.69) is 15.1 Å². The van der Waals surface area contributed by atoms with Crippen molar-refractivity contribution in [1.29, 1.82) is 10.5 Å². The Morgan fingerprint density at radius 3 is 2.59 bits per heavy atom. The molecule has 4 aromatic rings. The summed E-state index contributed by atoms with van der Waals surface area (Å²) in [6, 6.07) is 14.7. The summed E-state index contributed by atoms with van der Waals surface area (Å²) in [5.41, 5.74) is 1.64. The third-order valence-corrected chi connectivity index (χ3v) is 5.50. The van der Waals surface area contributed by atoms with Gasteiger partial charge in [-0.3, -0.25) is 14.9 Å². The van der Waals surface area contributed by atoms with Crippen molar-refractivity contribution in [1.82, 2.24) is 19.7 Å². The molecule has 1 atom stereocenters. The van der Waals surface area contributed by atoms with Crippen LogP contribution in [0, 0.1) is 32.8 Å². The molecule has 0 aliphatic rings. The molecule has 0 bridgehead atoms. The van der Waals surface area contributed by atoms with Gasteiger partial charge in [-0.25, -0.2) is 14.6 Å². The van der Waals surface area contributed by atoms with Crippen molar-refractivity contribution in [3.63, 3.8) is 0 Å². The van der Waals surface area contributed by atoms with Crippen LogP contribution in [-0.4, -0.2) is 30.5 Å². The van der Waals surface area contributed by atoms with Crippen molar-refractivity contribution < 1.29 is 9.72 Å². The van der Waals surface area contributed by atoms with Crippen LogP contribution in [0.25, 0.3) is 16.9 Å². The van der Waals surface area contributed by atoms with E-state index in [0.717, 1.165) is 23.0 Å². The van der Waals surface area contributed by atoms with Crippen LogP contribution >= 0.6 is 11.3 Å². The van der Waals surface area contributed by atoms with Gasteiger partial charge in [-0.05, 0) is 24.3 Å². The largest absolute Gasteiger partial charge is 0.295 e. The highest BCUT2D eigenvalue weighted by molar-refractivity contribution is 7.10. The van der Waals surface area contributed by atoms with Crippen molar-refractivity contribution >= 4 is 22.8 Å². The highest BCUT2D eigenvalue weighted by atomic mass is 32.1. The number of hydrogen-bond donors (Lipinski definition) is 0. The van der Waals surface area contributed by atoms with Crippen LogP contribution in [0.2, 0.25) is 0 Å². The van der Waals surface area contributed by atoms with Crippen LogP contribution in [0.4, 0.5) is 5.69 Å². The van der Waals surface area contributed by atoms with E-state index >= 15 is 0 Å². The Hall–Kier alpha value is -4.74. The number of Topliss-reactive ketones (excluding diaryl/α,β-unsaturated/α-hetero) is 1. The fraction of sp³-hybridized carbons (Fsp3) is 0.0476. The molecular weight excluding hydrogens is 430 g/mol. The number of carbonyl (C=O) groups excluding carboxylic acids is 1. The molecule has 1 unspecified atom stereocenters. The molecule has 0 saturated heterocycles. The van der Waals surface area contributed by atoms with Crippen LogP contribution in [0.3, 0.4) is 0 Å². The number of hydrogen-bond acceptors (Lipinski definition) is 9. The highest BCUT2D eigenvalue weighted by Crippen LogP contribution is 2.31. The highest BCUT2D eigenvalue weighted by Gasteiger charge is 2.28. The van der Waals surface area contributed by atoms with E-state index in [1.807, 2.05) is 12.1 Å². The average Bonchev–Trinajstić information content (AvgIpc) is 3.52. The molecule has 0 amide bonds. The van der Waals surface area contributed by atoms with Crippen LogP contribution in [0.15, 0.2) is 60.5 Å². The van der Waals surface area contributed by atoms with Gasteiger partial charge < -0.3 is 0 Å². The molecule has 2 heterocycles. The van der Waals surface area contributed by atoms with Crippen LogP contribution in [-0.2, 0) is 0 Å². The molecule has 10 nitrogen and oxygen atoms in total. The van der Waals surface area contributed by atoms with Crippen molar-refractivity contribution in [2.75, 3.05) is 0 Å². The first-order valence-corrected chi connectivity index (χ1v) is 9.93. The average molecular weight is 441 g/mol. The van der Waals surface area contributed by atoms with Gasteiger partial charge in [-0.2, -0.15) is 15.6 Å². The number of nitro benzene ring substituents is 1. The lowest BCUT2D eigenvalue weighted by Gasteiger charge is -2.08. The van der Waals surface area contributed by atoms with Gasteiger partial charge in [0.05, 0.1) is 28.3 Å². The predicted octanol–water partition coefficient (Wildman–Crippen LogP) is 3.66. The maximum absolute atomic E-state index is 13.0. The fourth-order valence-electron chi connectivity index (χ4n) is 3.01. The Bertz CT molecular complexity index is 1400. The van der Waals surface area contributed by atoms with Gasteiger partial charge in [0.25, 0.3) is 5.69 Å². The molecule has 0 aliphatic heterocycles. The van der Waals surface area contributed by atoms with Crippen molar-refractivity contribution in [3.8, 4) is 29.1 Å². The number of rotatable bonds is 6. The molecule has 0 fully saturated rings. The Kier molecular flexibility index (Phi) is 5.49. The van der Waals surface area contributed by atoms with Gasteiger partial charge in [0.15, 0.2) is 11.7 Å². The van der Waals surface area contributed by atoms with Crippen molar-refractivity contribution in [2.45, 2.75) is 5.92 Å². The molecular formula is C21H11N7O3S. The number of benzene rings is 2. The maximum atomic E-state index is 13.0. The SMILES string of the molecule is N#Cc1ccc(-c2csc(C(C#N)C(=O)c3ccc(-n4cncn4)c([N+](=O)[O-])c3)n2)cc1. The van der Waals surface area contributed by atoms with E-state index in [0.29, 0.717) is 11.3 Å². The molecule has 32 heavy (non-hydrogen) atoms. The van der Waals surface area contributed by atoms with Gasteiger partial charge in [-0.1, -0.05) is 12.1 Å². The number of carbonyl (C=O) groups is 1. The second kappa shape index (κ2) is 8.55. The van der Waals surface area contributed by atoms with Gasteiger partial charge in [-0.15, -0.1) is 11.3 Å². The topological polar surface area (TPSA) is 151 Å². The third-order valence-electron chi connectivity index (χ3n) is 4.59. The summed E-state index contributed by atoms with van der Waals surface area (Å²) >= 11 is 1.15. The summed E-state index contributed by atoms with van der Waals surface area (Å²) in [6.45, 7) is 0. The number of nitro groups is 1. The molecule has 2 aromatic heterocycles. The lowest BCUT2D eigenvalue weighted by Crippen LogP contribution is -2.12. The predicted molar refractivity (Wildman–Crippen MR) is 113 cm³/mol. The smallest absolute Gasteiger partial charge is 0.292 e. The minimum atomic E-state index is -1.22. The van der Waals surface area contributed by atoms with E-state index in [9.17, 15) is 20.2 Å². The monoisotopic (exact) mass is 441 g/mol. The molecule has 0 saturated carbocycles. The third kappa shape index (κ3) is 3.84. The molecule has 0 spiro atoms.